The lowest BCUT2D eigenvalue weighted by atomic mass is 9.94. The zero-order valence-electron chi connectivity index (χ0n) is 11.4. The summed E-state index contributed by atoms with van der Waals surface area (Å²) < 4.78 is 5.74. The molecule has 1 N–H and O–H groups in total. The van der Waals surface area contributed by atoms with E-state index in [2.05, 4.69) is 15.9 Å². The Labute approximate surface area is 136 Å². The molecule has 2 unspecified atom stereocenters. The first kappa shape index (κ1) is 16.3. The fourth-order valence-corrected chi connectivity index (χ4v) is 3.25. The summed E-state index contributed by atoms with van der Waals surface area (Å²) >= 11 is 9.43. The fraction of sp³-hybridized carbons (Fsp3) is 0.429. The highest BCUT2D eigenvalue weighted by atomic mass is 79.9. The molecule has 5 nitrogen and oxygen atoms in total. The van der Waals surface area contributed by atoms with Gasteiger partial charge in [-0.15, -0.1) is 0 Å². The molecule has 114 valence electrons. The number of aliphatic carboxylic acids is 1. The average Bonchev–Trinajstić information content (AvgIpc) is 2.76. The maximum absolute atomic E-state index is 12.1. The van der Waals surface area contributed by atoms with Crippen LogP contribution in [0.1, 0.15) is 18.0 Å². The van der Waals surface area contributed by atoms with Crippen LogP contribution in [-0.2, 0) is 14.3 Å². The van der Waals surface area contributed by atoms with E-state index in [1.807, 2.05) is 0 Å². The van der Waals surface area contributed by atoms with Crippen LogP contribution in [0.15, 0.2) is 22.7 Å². The van der Waals surface area contributed by atoms with Gasteiger partial charge < -0.3 is 14.7 Å². The van der Waals surface area contributed by atoms with Gasteiger partial charge in [0.2, 0.25) is 5.91 Å². The smallest absolute Gasteiger partial charge is 0.309 e. The number of methoxy groups -OCH3 is 1. The number of hydrogen-bond acceptors (Lipinski definition) is 3. The summed E-state index contributed by atoms with van der Waals surface area (Å²) in [4.78, 5) is 25.2. The minimum atomic E-state index is -0.986. The molecule has 1 heterocycles. The van der Waals surface area contributed by atoms with E-state index in [1.54, 1.807) is 30.2 Å². The van der Waals surface area contributed by atoms with Gasteiger partial charge >= 0.3 is 5.97 Å². The third-order valence-electron chi connectivity index (χ3n) is 3.56. The molecule has 1 aromatic carbocycles. The van der Waals surface area contributed by atoms with E-state index in [0.717, 1.165) is 4.47 Å². The van der Waals surface area contributed by atoms with Crippen LogP contribution in [0.4, 0.5) is 0 Å². The van der Waals surface area contributed by atoms with Gasteiger partial charge in [-0.1, -0.05) is 27.5 Å². The predicted octanol–water partition coefficient (Wildman–Crippen LogP) is 2.72. The van der Waals surface area contributed by atoms with Crippen LogP contribution in [0.5, 0.6) is 0 Å². The van der Waals surface area contributed by atoms with Gasteiger partial charge in [-0.3, -0.25) is 9.59 Å². The first-order valence-corrected chi connectivity index (χ1v) is 7.59. The Hall–Kier alpha value is -1.11. The van der Waals surface area contributed by atoms with E-state index >= 15 is 0 Å². The van der Waals surface area contributed by atoms with Crippen molar-refractivity contribution in [2.45, 2.75) is 12.5 Å². The topological polar surface area (TPSA) is 66.8 Å². The van der Waals surface area contributed by atoms with Gasteiger partial charge in [0.25, 0.3) is 0 Å². The third-order valence-corrected chi connectivity index (χ3v) is 4.52. The first-order valence-electron chi connectivity index (χ1n) is 6.42. The monoisotopic (exact) mass is 375 g/mol. The Kier molecular flexibility index (Phi) is 5.24. The number of ether oxygens (including phenoxy) is 1. The molecular weight excluding hydrogens is 362 g/mol. The third kappa shape index (κ3) is 3.39. The van der Waals surface area contributed by atoms with Crippen molar-refractivity contribution in [1.29, 1.82) is 0 Å². The Balaban J connectivity index is 2.43. The summed E-state index contributed by atoms with van der Waals surface area (Å²) in [5, 5.41) is 9.91. The van der Waals surface area contributed by atoms with E-state index < -0.39 is 17.9 Å². The number of benzene rings is 1. The highest BCUT2D eigenvalue weighted by Crippen LogP contribution is 2.41. The number of carboxylic acids is 1. The summed E-state index contributed by atoms with van der Waals surface area (Å²) in [6.07, 6.45) is -0.0112. The number of rotatable bonds is 5. The second-order valence-electron chi connectivity index (χ2n) is 4.84. The number of halogens is 2. The summed E-state index contributed by atoms with van der Waals surface area (Å²) in [5.74, 6) is -1.96. The summed E-state index contributed by atoms with van der Waals surface area (Å²) in [6.45, 7) is 0.704. The molecule has 1 saturated heterocycles. The van der Waals surface area contributed by atoms with Gasteiger partial charge in [-0.2, -0.15) is 0 Å². The molecule has 1 aliphatic rings. The number of carboxylic acid groups (broad SMARTS) is 1. The van der Waals surface area contributed by atoms with Gasteiger partial charge in [0, 0.05) is 29.6 Å². The second-order valence-corrected chi connectivity index (χ2v) is 6.13. The molecular formula is C14H15BrClNO4. The Morgan fingerprint density at radius 2 is 2.29 bits per heavy atom. The van der Waals surface area contributed by atoms with Crippen molar-refractivity contribution in [3.8, 4) is 0 Å². The lowest BCUT2D eigenvalue weighted by Crippen LogP contribution is -2.33. The predicted molar refractivity (Wildman–Crippen MR) is 81.2 cm³/mol. The highest BCUT2D eigenvalue weighted by molar-refractivity contribution is 9.10. The maximum atomic E-state index is 12.1. The van der Waals surface area contributed by atoms with Crippen molar-refractivity contribution in [2.24, 2.45) is 5.92 Å². The number of amides is 1. The van der Waals surface area contributed by atoms with Gasteiger partial charge in [-0.05, 0) is 23.8 Å². The van der Waals surface area contributed by atoms with Crippen molar-refractivity contribution in [2.75, 3.05) is 20.3 Å². The maximum Gasteiger partial charge on any atom is 0.309 e. The molecule has 1 fully saturated rings. The molecule has 0 saturated carbocycles. The van der Waals surface area contributed by atoms with Crippen LogP contribution < -0.4 is 0 Å². The van der Waals surface area contributed by atoms with Crippen molar-refractivity contribution in [3.63, 3.8) is 0 Å². The molecule has 0 aromatic heterocycles. The SMILES string of the molecule is COCCN1C(=O)CC(C(=O)O)C1c1cc(Cl)ccc1Br. The zero-order chi connectivity index (χ0) is 15.6. The highest BCUT2D eigenvalue weighted by Gasteiger charge is 2.45. The molecule has 7 heteroatoms. The molecule has 0 spiro atoms. The van der Waals surface area contributed by atoms with Crippen LogP contribution >= 0.6 is 27.5 Å². The van der Waals surface area contributed by atoms with Crippen LogP contribution in [0, 0.1) is 5.92 Å². The summed E-state index contributed by atoms with van der Waals surface area (Å²) in [6, 6.07) is 4.62. The molecule has 1 aliphatic heterocycles. The van der Waals surface area contributed by atoms with Crippen molar-refractivity contribution >= 4 is 39.4 Å². The second kappa shape index (κ2) is 6.77. The van der Waals surface area contributed by atoms with E-state index in [4.69, 9.17) is 16.3 Å². The molecule has 2 rings (SSSR count). The zero-order valence-corrected chi connectivity index (χ0v) is 13.7. The number of likely N-dealkylation sites (tertiary alicyclic amines) is 1. The first-order chi connectivity index (χ1) is 9.95. The molecule has 1 amide bonds. The van der Waals surface area contributed by atoms with E-state index in [1.165, 1.54) is 0 Å². The number of nitrogens with zero attached hydrogens (tertiary/aromatic N) is 1. The molecule has 1 aromatic rings. The summed E-state index contributed by atoms with van der Waals surface area (Å²) in [5.41, 5.74) is 0.705. The molecule has 0 bridgehead atoms. The minimum Gasteiger partial charge on any atom is -0.481 e. The molecule has 2 atom stereocenters. The van der Waals surface area contributed by atoms with Crippen molar-refractivity contribution in [3.05, 3.63) is 33.3 Å². The van der Waals surface area contributed by atoms with Crippen LogP contribution in [0.2, 0.25) is 5.02 Å². The van der Waals surface area contributed by atoms with Crippen LogP contribution in [-0.4, -0.2) is 42.1 Å². The van der Waals surface area contributed by atoms with Gasteiger partial charge in [-0.25, -0.2) is 0 Å². The van der Waals surface area contributed by atoms with Gasteiger partial charge in [0.05, 0.1) is 18.6 Å². The van der Waals surface area contributed by atoms with Crippen molar-refractivity contribution < 1.29 is 19.4 Å². The number of carbonyl (C=O) groups excluding carboxylic acids is 1. The summed E-state index contributed by atoms with van der Waals surface area (Å²) in [7, 11) is 1.54. The molecule has 0 aliphatic carbocycles. The van der Waals surface area contributed by atoms with E-state index in [9.17, 15) is 14.7 Å². The Morgan fingerprint density at radius 1 is 1.57 bits per heavy atom. The molecule has 21 heavy (non-hydrogen) atoms. The number of carbonyl (C=O) groups is 2. The van der Waals surface area contributed by atoms with Gasteiger partial charge in [0.15, 0.2) is 0 Å². The largest absolute Gasteiger partial charge is 0.481 e. The van der Waals surface area contributed by atoms with Crippen LogP contribution in [0.3, 0.4) is 0 Å². The van der Waals surface area contributed by atoms with Crippen LogP contribution in [0.25, 0.3) is 0 Å². The Morgan fingerprint density at radius 3 is 2.90 bits per heavy atom. The van der Waals surface area contributed by atoms with E-state index in [0.29, 0.717) is 23.7 Å². The average molecular weight is 377 g/mol. The fourth-order valence-electron chi connectivity index (χ4n) is 2.59. The Bertz CT molecular complexity index is 566. The van der Waals surface area contributed by atoms with Gasteiger partial charge in [0.1, 0.15) is 0 Å². The lowest BCUT2D eigenvalue weighted by Gasteiger charge is -2.28. The normalized spacial score (nSPS) is 21.9. The quantitative estimate of drug-likeness (QED) is 0.858. The number of hydrogen-bond donors (Lipinski definition) is 1. The van der Waals surface area contributed by atoms with E-state index in [-0.39, 0.29) is 12.3 Å². The minimum absolute atomic E-state index is 0.0112. The standard InChI is InChI=1S/C14H15BrClNO4/c1-21-5-4-17-12(18)7-10(14(19)20)13(17)9-6-8(16)2-3-11(9)15/h2-3,6,10,13H,4-5,7H2,1H3,(H,19,20). The molecule has 0 radical (unpaired) electrons. The van der Waals surface area contributed by atoms with Crippen molar-refractivity contribution in [1.82, 2.24) is 4.90 Å². The lowest BCUT2D eigenvalue weighted by molar-refractivity contribution is -0.142.